The molecule has 0 unspecified atom stereocenters. The van der Waals surface area contributed by atoms with Gasteiger partial charge in [-0.05, 0) is 35.5 Å². The summed E-state index contributed by atoms with van der Waals surface area (Å²) in [5, 5.41) is 11.5. The highest BCUT2D eigenvalue weighted by molar-refractivity contribution is 8.18. The Morgan fingerprint density at radius 2 is 1.79 bits per heavy atom. The zero-order valence-electron chi connectivity index (χ0n) is 15.3. The minimum absolute atomic E-state index is 0.0276. The predicted molar refractivity (Wildman–Crippen MR) is 111 cm³/mol. The van der Waals surface area contributed by atoms with Gasteiger partial charge in [0.1, 0.15) is 5.82 Å². The molecule has 2 heterocycles. The second-order valence-electron chi connectivity index (χ2n) is 6.59. The summed E-state index contributed by atoms with van der Waals surface area (Å²) in [6.45, 7) is 2.49. The smallest absolute Gasteiger partial charge is 0.286 e. The van der Waals surface area contributed by atoms with E-state index in [2.05, 4.69) is 4.99 Å². The molecule has 29 heavy (non-hydrogen) atoms. The number of benzene rings is 2. The molecule has 2 aliphatic heterocycles. The number of rotatable bonds is 3. The fourth-order valence-corrected chi connectivity index (χ4v) is 4.22. The van der Waals surface area contributed by atoms with E-state index in [1.165, 1.54) is 30.0 Å². The van der Waals surface area contributed by atoms with Crippen LogP contribution in [0.5, 0.6) is 0 Å². The Kier molecular flexibility index (Phi) is 5.30. The molecule has 4 rings (SSSR count). The molecule has 0 saturated carbocycles. The molecule has 148 valence electrons. The standard InChI is InChI=1S/C20H17FN4O3S/c21-16-6-1-2-7-17(16)23-8-10-24(11-9-23)20-22-19(26)18(29-20)13-14-4-3-5-15(12-14)25(27)28/h1-7,12-13H,8-11H2. The number of carbonyl (C=O) groups is 1. The topological polar surface area (TPSA) is 79.0 Å². The molecule has 0 atom stereocenters. The van der Waals surface area contributed by atoms with Crippen LogP contribution in [0, 0.1) is 15.9 Å². The second-order valence-corrected chi connectivity index (χ2v) is 7.60. The van der Waals surface area contributed by atoms with Crippen molar-refractivity contribution in [2.45, 2.75) is 0 Å². The predicted octanol–water partition coefficient (Wildman–Crippen LogP) is 3.53. The normalized spacial score (nSPS) is 18.3. The van der Waals surface area contributed by atoms with Crippen LogP contribution in [-0.4, -0.2) is 47.1 Å². The first kappa shape index (κ1) is 19.1. The monoisotopic (exact) mass is 412 g/mol. The summed E-state index contributed by atoms with van der Waals surface area (Å²) >= 11 is 1.26. The van der Waals surface area contributed by atoms with Crippen LogP contribution in [0.15, 0.2) is 58.4 Å². The maximum Gasteiger partial charge on any atom is 0.286 e. The number of para-hydroxylation sites is 1. The summed E-state index contributed by atoms with van der Waals surface area (Å²) in [5.41, 5.74) is 1.13. The van der Waals surface area contributed by atoms with Crippen LogP contribution in [0.2, 0.25) is 0 Å². The molecular weight excluding hydrogens is 395 g/mol. The number of halogens is 1. The van der Waals surface area contributed by atoms with Gasteiger partial charge in [0.25, 0.3) is 11.6 Å². The lowest BCUT2D eigenvalue weighted by Gasteiger charge is -2.36. The Hall–Kier alpha value is -3.20. The van der Waals surface area contributed by atoms with Gasteiger partial charge >= 0.3 is 0 Å². The minimum Gasteiger partial charge on any atom is -0.366 e. The van der Waals surface area contributed by atoms with Crippen molar-refractivity contribution in [2.75, 3.05) is 31.1 Å². The molecule has 0 aliphatic carbocycles. The van der Waals surface area contributed by atoms with E-state index in [0.29, 0.717) is 47.5 Å². The average molecular weight is 412 g/mol. The second kappa shape index (κ2) is 8.04. The van der Waals surface area contributed by atoms with Crippen molar-refractivity contribution in [1.82, 2.24) is 4.90 Å². The van der Waals surface area contributed by atoms with Gasteiger partial charge in [-0.1, -0.05) is 24.3 Å². The van der Waals surface area contributed by atoms with Crippen molar-refractivity contribution in [1.29, 1.82) is 0 Å². The highest BCUT2D eigenvalue weighted by Crippen LogP contribution is 2.31. The number of non-ortho nitro benzene ring substituents is 1. The number of aliphatic imine (C=N–C) groups is 1. The Bertz CT molecular complexity index is 1030. The summed E-state index contributed by atoms with van der Waals surface area (Å²) in [7, 11) is 0. The fourth-order valence-electron chi connectivity index (χ4n) is 3.26. The first-order valence-electron chi connectivity index (χ1n) is 9.03. The fraction of sp³-hybridized carbons (Fsp3) is 0.200. The largest absolute Gasteiger partial charge is 0.366 e. The van der Waals surface area contributed by atoms with Gasteiger partial charge in [0.2, 0.25) is 0 Å². The lowest BCUT2D eigenvalue weighted by atomic mass is 10.2. The third-order valence-corrected chi connectivity index (χ3v) is 5.78. The van der Waals surface area contributed by atoms with Crippen molar-refractivity contribution in [3.8, 4) is 0 Å². The summed E-state index contributed by atoms with van der Waals surface area (Å²) in [5.74, 6) is -0.598. The molecule has 0 spiro atoms. The number of nitro benzene ring substituents is 1. The molecule has 0 aromatic heterocycles. The first-order valence-corrected chi connectivity index (χ1v) is 9.84. The molecule has 0 N–H and O–H groups in total. The van der Waals surface area contributed by atoms with Gasteiger partial charge in [-0.25, -0.2) is 4.39 Å². The molecule has 2 aliphatic rings. The van der Waals surface area contributed by atoms with Gasteiger partial charge in [-0.2, -0.15) is 4.99 Å². The molecule has 2 aromatic rings. The number of amides is 1. The van der Waals surface area contributed by atoms with Crippen molar-refractivity contribution >= 4 is 40.3 Å². The SMILES string of the molecule is O=C1N=C(N2CCN(c3ccccc3F)CC2)SC1=Cc1cccc([N+](=O)[O-])c1. The van der Waals surface area contributed by atoms with Crippen LogP contribution >= 0.6 is 11.8 Å². The molecule has 7 nitrogen and oxygen atoms in total. The van der Waals surface area contributed by atoms with Gasteiger partial charge in [-0.15, -0.1) is 0 Å². The van der Waals surface area contributed by atoms with E-state index in [0.717, 1.165) is 0 Å². The average Bonchev–Trinajstić information content (AvgIpc) is 3.09. The quantitative estimate of drug-likeness (QED) is 0.436. The van der Waals surface area contributed by atoms with Crippen LogP contribution in [0.3, 0.4) is 0 Å². The molecule has 9 heteroatoms. The van der Waals surface area contributed by atoms with Gasteiger partial charge in [0, 0.05) is 38.3 Å². The van der Waals surface area contributed by atoms with E-state index in [1.807, 2.05) is 15.9 Å². The van der Waals surface area contributed by atoms with E-state index in [1.54, 1.807) is 30.3 Å². The van der Waals surface area contributed by atoms with Crippen molar-refractivity contribution < 1.29 is 14.1 Å². The zero-order chi connectivity index (χ0) is 20.4. The number of nitrogens with zero attached hydrogens (tertiary/aromatic N) is 4. The van der Waals surface area contributed by atoms with Crippen LogP contribution in [-0.2, 0) is 4.79 Å². The lowest BCUT2D eigenvalue weighted by molar-refractivity contribution is -0.384. The molecule has 2 aromatic carbocycles. The van der Waals surface area contributed by atoms with E-state index in [9.17, 15) is 19.3 Å². The molecule has 0 radical (unpaired) electrons. The number of carbonyl (C=O) groups excluding carboxylic acids is 1. The van der Waals surface area contributed by atoms with Crippen molar-refractivity contribution in [3.63, 3.8) is 0 Å². The maximum atomic E-state index is 14.0. The number of nitro groups is 1. The number of thioether (sulfide) groups is 1. The van der Waals surface area contributed by atoms with E-state index >= 15 is 0 Å². The minimum atomic E-state index is -0.470. The summed E-state index contributed by atoms with van der Waals surface area (Å²) in [4.78, 5) is 31.3. The Balaban J connectivity index is 1.42. The summed E-state index contributed by atoms with van der Waals surface area (Å²) in [6, 6.07) is 12.8. The Morgan fingerprint density at radius 1 is 1.07 bits per heavy atom. The third-order valence-electron chi connectivity index (χ3n) is 4.73. The first-order chi connectivity index (χ1) is 14.0. The zero-order valence-corrected chi connectivity index (χ0v) is 16.1. The molecule has 1 fully saturated rings. The number of anilines is 1. The van der Waals surface area contributed by atoms with Crippen molar-refractivity contribution in [3.05, 3.63) is 74.9 Å². The van der Waals surface area contributed by atoms with Crippen LogP contribution in [0.1, 0.15) is 5.56 Å². The van der Waals surface area contributed by atoms with Gasteiger partial charge in [-0.3, -0.25) is 14.9 Å². The van der Waals surface area contributed by atoms with Crippen molar-refractivity contribution in [2.24, 2.45) is 4.99 Å². The van der Waals surface area contributed by atoms with Crippen LogP contribution < -0.4 is 4.90 Å². The number of amidine groups is 1. The number of piperazine rings is 1. The molecule has 1 amide bonds. The van der Waals surface area contributed by atoms with Crippen LogP contribution in [0.4, 0.5) is 15.8 Å². The van der Waals surface area contributed by atoms with Crippen LogP contribution in [0.25, 0.3) is 6.08 Å². The molecule has 1 saturated heterocycles. The molecule has 0 bridgehead atoms. The highest BCUT2D eigenvalue weighted by Gasteiger charge is 2.29. The lowest BCUT2D eigenvalue weighted by Crippen LogP contribution is -2.48. The van der Waals surface area contributed by atoms with E-state index in [4.69, 9.17) is 0 Å². The number of hydrogen-bond donors (Lipinski definition) is 0. The maximum absolute atomic E-state index is 14.0. The third kappa shape index (κ3) is 4.14. The highest BCUT2D eigenvalue weighted by atomic mass is 32.2. The van der Waals surface area contributed by atoms with Gasteiger partial charge < -0.3 is 9.80 Å². The number of hydrogen-bond acceptors (Lipinski definition) is 6. The van der Waals surface area contributed by atoms with Gasteiger partial charge in [0.05, 0.1) is 15.5 Å². The Labute approximate surface area is 170 Å². The Morgan fingerprint density at radius 3 is 2.52 bits per heavy atom. The molecular formula is C20H17FN4O3S. The van der Waals surface area contributed by atoms with E-state index < -0.39 is 4.92 Å². The summed E-state index contributed by atoms with van der Waals surface area (Å²) in [6.07, 6.45) is 1.62. The summed E-state index contributed by atoms with van der Waals surface area (Å²) < 4.78 is 14.0. The van der Waals surface area contributed by atoms with Gasteiger partial charge in [0.15, 0.2) is 5.17 Å². The van der Waals surface area contributed by atoms with E-state index in [-0.39, 0.29) is 17.4 Å².